The van der Waals surface area contributed by atoms with E-state index in [1.165, 1.54) is 6.07 Å². The molecule has 1 heterocycles. The summed E-state index contributed by atoms with van der Waals surface area (Å²) in [7, 11) is 0. The van der Waals surface area contributed by atoms with Crippen LogP contribution in [0, 0.1) is 5.82 Å². The number of halogens is 2. The van der Waals surface area contributed by atoms with Crippen molar-refractivity contribution in [3.63, 3.8) is 0 Å². The minimum absolute atomic E-state index is 0.230. The van der Waals surface area contributed by atoms with Gasteiger partial charge in [0.2, 0.25) is 0 Å². The molecule has 1 N–H and O–H groups in total. The Labute approximate surface area is 87.6 Å². The summed E-state index contributed by atoms with van der Waals surface area (Å²) in [6.45, 7) is 2.45. The monoisotopic (exact) mass is 214 g/mol. The lowest BCUT2D eigenvalue weighted by Gasteiger charge is -2.16. The fourth-order valence-electron chi connectivity index (χ4n) is 1.60. The highest BCUT2D eigenvalue weighted by atomic mass is 35.5. The van der Waals surface area contributed by atoms with E-state index in [9.17, 15) is 4.39 Å². The SMILES string of the molecule is Fc1cccc(Cl)c1CN1CCCN1. The van der Waals surface area contributed by atoms with E-state index < -0.39 is 0 Å². The van der Waals surface area contributed by atoms with Crippen LogP contribution < -0.4 is 5.43 Å². The van der Waals surface area contributed by atoms with Crippen LogP contribution in [0.2, 0.25) is 5.02 Å². The van der Waals surface area contributed by atoms with Crippen molar-refractivity contribution in [3.05, 3.63) is 34.6 Å². The minimum Gasteiger partial charge on any atom is -0.255 e. The molecule has 2 rings (SSSR count). The Balaban J connectivity index is 2.14. The largest absolute Gasteiger partial charge is 0.255 e. The van der Waals surface area contributed by atoms with Crippen LogP contribution >= 0.6 is 11.6 Å². The smallest absolute Gasteiger partial charge is 0.129 e. The van der Waals surface area contributed by atoms with Crippen molar-refractivity contribution >= 4 is 11.6 Å². The summed E-state index contributed by atoms with van der Waals surface area (Å²) in [5.41, 5.74) is 3.74. The standard InChI is InChI=1S/C10H12ClFN2/c11-9-3-1-4-10(12)8(9)7-14-6-2-5-13-14/h1,3-4,13H,2,5-7H2. The molecule has 0 bridgehead atoms. The van der Waals surface area contributed by atoms with Crippen LogP contribution in [-0.4, -0.2) is 18.1 Å². The topological polar surface area (TPSA) is 15.3 Å². The molecule has 1 aliphatic rings. The van der Waals surface area contributed by atoms with Gasteiger partial charge in [-0.25, -0.2) is 9.40 Å². The maximum atomic E-state index is 13.4. The van der Waals surface area contributed by atoms with E-state index in [0.29, 0.717) is 17.1 Å². The van der Waals surface area contributed by atoms with Gasteiger partial charge in [0.1, 0.15) is 5.82 Å². The lowest BCUT2D eigenvalue weighted by atomic mass is 10.2. The third-order valence-electron chi connectivity index (χ3n) is 2.35. The molecule has 0 radical (unpaired) electrons. The molecule has 0 amide bonds. The Kier molecular flexibility index (Phi) is 3.01. The maximum Gasteiger partial charge on any atom is 0.129 e. The van der Waals surface area contributed by atoms with E-state index in [2.05, 4.69) is 5.43 Å². The van der Waals surface area contributed by atoms with E-state index in [0.717, 1.165) is 19.5 Å². The molecule has 0 unspecified atom stereocenters. The molecule has 1 aromatic carbocycles. The Morgan fingerprint density at radius 1 is 1.50 bits per heavy atom. The number of hydrogen-bond donors (Lipinski definition) is 1. The lowest BCUT2D eigenvalue weighted by molar-refractivity contribution is 0.241. The average Bonchev–Trinajstić information content (AvgIpc) is 2.64. The summed E-state index contributed by atoms with van der Waals surface area (Å²) in [5.74, 6) is -0.230. The normalized spacial score (nSPS) is 17.6. The second-order valence-electron chi connectivity index (χ2n) is 3.38. The molecule has 0 aromatic heterocycles. The number of rotatable bonds is 2. The zero-order valence-corrected chi connectivity index (χ0v) is 8.52. The van der Waals surface area contributed by atoms with Crippen molar-refractivity contribution in [1.29, 1.82) is 0 Å². The Morgan fingerprint density at radius 2 is 2.36 bits per heavy atom. The van der Waals surface area contributed by atoms with Crippen molar-refractivity contribution in [3.8, 4) is 0 Å². The number of nitrogens with one attached hydrogen (secondary N) is 1. The Morgan fingerprint density at radius 3 is 3.00 bits per heavy atom. The molecule has 4 heteroatoms. The highest BCUT2D eigenvalue weighted by Crippen LogP contribution is 2.20. The number of hydrogen-bond acceptors (Lipinski definition) is 2. The summed E-state index contributed by atoms with van der Waals surface area (Å²) in [5, 5.41) is 2.49. The fourth-order valence-corrected chi connectivity index (χ4v) is 1.82. The fraction of sp³-hybridized carbons (Fsp3) is 0.400. The summed E-state index contributed by atoms with van der Waals surface area (Å²) >= 11 is 5.91. The Bertz CT molecular complexity index is 304. The molecule has 1 fully saturated rings. The van der Waals surface area contributed by atoms with Crippen molar-refractivity contribution in [2.24, 2.45) is 0 Å². The maximum absolute atomic E-state index is 13.4. The number of hydrazine groups is 1. The van der Waals surface area contributed by atoms with Gasteiger partial charge < -0.3 is 0 Å². The van der Waals surface area contributed by atoms with Gasteiger partial charge in [0, 0.05) is 30.2 Å². The van der Waals surface area contributed by atoms with Gasteiger partial charge in [0.25, 0.3) is 0 Å². The first kappa shape index (κ1) is 9.90. The minimum atomic E-state index is -0.230. The average molecular weight is 215 g/mol. The van der Waals surface area contributed by atoms with Gasteiger partial charge in [-0.3, -0.25) is 5.43 Å². The van der Waals surface area contributed by atoms with E-state index in [1.54, 1.807) is 12.1 Å². The second-order valence-corrected chi connectivity index (χ2v) is 3.79. The van der Waals surface area contributed by atoms with Gasteiger partial charge in [0.15, 0.2) is 0 Å². The highest BCUT2D eigenvalue weighted by molar-refractivity contribution is 6.31. The van der Waals surface area contributed by atoms with Gasteiger partial charge in [-0.15, -0.1) is 0 Å². The van der Waals surface area contributed by atoms with Crippen LogP contribution in [-0.2, 0) is 6.54 Å². The van der Waals surface area contributed by atoms with Gasteiger partial charge in [0.05, 0.1) is 0 Å². The van der Waals surface area contributed by atoms with Gasteiger partial charge in [-0.05, 0) is 18.6 Å². The molecular weight excluding hydrogens is 203 g/mol. The van der Waals surface area contributed by atoms with E-state index in [-0.39, 0.29) is 5.82 Å². The molecule has 1 aliphatic heterocycles. The zero-order valence-electron chi connectivity index (χ0n) is 7.76. The van der Waals surface area contributed by atoms with Crippen molar-refractivity contribution < 1.29 is 4.39 Å². The van der Waals surface area contributed by atoms with Crippen LogP contribution in [0.5, 0.6) is 0 Å². The van der Waals surface area contributed by atoms with Crippen molar-refractivity contribution in [2.45, 2.75) is 13.0 Å². The molecule has 1 saturated heterocycles. The van der Waals surface area contributed by atoms with E-state index in [1.807, 2.05) is 5.01 Å². The van der Waals surface area contributed by atoms with Crippen LogP contribution in [0.1, 0.15) is 12.0 Å². The molecule has 0 spiro atoms. The predicted molar refractivity (Wildman–Crippen MR) is 54.4 cm³/mol. The molecule has 2 nitrogen and oxygen atoms in total. The summed E-state index contributed by atoms with van der Waals surface area (Å²) < 4.78 is 13.4. The molecule has 0 saturated carbocycles. The van der Waals surface area contributed by atoms with Crippen LogP contribution in [0.25, 0.3) is 0 Å². The third kappa shape index (κ3) is 2.05. The first-order chi connectivity index (χ1) is 6.77. The Hall–Kier alpha value is -0.640. The van der Waals surface area contributed by atoms with Crippen LogP contribution in [0.3, 0.4) is 0 Å². The molecule has 76 valence electrons. The van der Waals surface area contributed by atoms with E-state index in [4.69, 9.17) is 11.6 Å². The first-order valence-corrected chi connectivity index (χ1v) is 5.06. The van der Waals surface area contributed by atoms with Crippen LogP contribution in [0.4, 0.5) is 4.39 Å². The number of benzene rings is 1. The number of nitrogens with zero attached hydrogens (tertiary/aromatic N) is 1. The van der Waals surface area contributed by atoms with Gasteiger partial charge >= 0.3 is 0 Å². The van der Waals surface area contributed by atoms with Gasteiger partial charge in [-0.1, -0.05) is 17.7 Å². The lowest BCUT2D eigenvalue weighted by Crippen LogP contribution is -2.30. The quantitative estimate of drug-likeness (QED) is 0.812. The molecule has 0 aliphatic carbocycles. The third-order valence-corrected chi connectivity index (χ3v) is 2.70. The molecule has 0 atom stereocenters. The van der Waals surface area contributed by atoms with Crippen molar-refractivity contribution in [2.75, 3.05) is 13.1 Å². The second kappa shape index (κ2) is 4.26. The molecular formula is C10H12ClFN2. The van der Waals surface area contributed by atoms with Gasteiger partial charge in [-0.2, -0.15) is 0 Å². The van der Waals surface area contributed by atoms with Crippen LogP contribution in [0.15, 0.2) is 18.2 Å². The van der Waals surface area contributed by atoms with Crippen molar-refractivity contribution in [1.82, 2.24) is 10.4 Å². The molecule has 14 heavy (non-hydrogen) atoms. The predicted octanol–water partition coefficient (Wildman–Crippen LogP) is 2.19. The summed E-state index contributed by atoms with van der Waals surface area (Å²) in [6, 6.07) is 4.78. The summed E-state index contributed by atoms with van der Waals surface area (Å²) in [6.07, 6.45) is 1.10. The van der Waals surface area contributed by atoms with E-state index >= 15 is 0 Å². The molecule has 1 aromatic rings. The summed E-state index contributed by atoms with van der Waals surface area (Å²) in [4.78, 5) is 0. The zero-order chi connectivity index (χ0) is 9.97. The first-order valence-electron chi connectivity index (χ1n) is 4.69. The highest BCUT2D eigenvalue weighted by Gasteiger charge is 2.15.